The lowest BCUT2D eigenvalue weighted by Gasteiger charge is -2.26. The SMILES string of the molecule is CC(C)=CCC/C(C)=C/CC/C(=C/CC/C(C)=C/CO)CNCCCN1CCCCC1. The minimum Gasteiger partial charge on any atom is -0.392 e. The zero-order valence-electron chi connectivity index (χ0n) is 21.0. The van der Waals surface area contributed by atoms with E-state index < -0.39 is 0 Å². The Balaban J connectivity index is 2.40. The lowest BCUT2D eigenvalue weighted by molar-refractivity contribution is 0.226. The van der Waals surface area contributed by atoms with Gasteiger partial charge >= 0.3 is 0 Å². The second-order valence-electron chi connectivity index (χ2n) is 9.48. The lowest BCUT2D eigenvalue weighted by Crippen LogP contribution is -2.32. The van der Waals surface area contributed by atoms with Crippen LogP contribution in [0.25, 0.3) is 0 Å². The Bertz CT molecular complexity index is 576. The number of likely N-dealkylation sites (tertiary alicyclic amines) is 1. The van der Waals surface area contributed by atoms with Crippen molar-refractivity contribution in [3.05, 3.63) is 46.6 Å². The Morgan fingerprint density at radius 2 is 1.45 bits per heavy atom. The molecule has 0 aliphatic carbocycles. The third-order valence-corrected chi connectivity index (χ3v) is 6.09. The molecule has 1 rings (SSSR count). The summed E-state index contributed by atoms with van der Waals surface area (Å²) in [6.07, 6.45) is 21.2. The molecule has 0 bridgehead atoms. The number of hydrogen-bond acceptors (Lipinski definition) is 3. The van der Waals surface area contributed by atoms with Crippen molar-refractivity contribution in [3.8, 4) is 0 Å². The molecule has 0 unspecified atom stereocenters. The van der Waals surface area contributed by atoms with E-state index in [2.05, 4.69) is 56.1 Å². The van der Waals surface area contributed by atoms with Crippen LogP contribution in [0.5, 0.6) is 0 Å². The fourth-order valence-electron chi connectivity index (χ4n) is 4.08. The summed E-state index contributed by atoms with van der Waals surface area (Å²) in [5, 5.41) is 12.7. The first kappa shape index (κ1) is 27.9. The van der Waals surface area contributed by atoms with Crippen molar-refractivity contribution in [2.75, 3.05) is 39.3 Å². The van der Waals surface area contributed by atoms with E-state index in [9.17, 15) is 0 Å². The van der Waals surface area contributed by atoms with Gasteiger partial charge in [0.05, 0.1) is 6.61 Å². The molecule has 0 aromatic carbocycles. The minimum absolute atomic E-state index is 0.151. The van der Waals surface area contributed by atoms with Crippen molar-refractivity contribution >= 4 is 0 Å². The summed E-state index contributed by atoms with van der Waals surface area (Å²) in [5.74, 6) is 0. The number of rotatable bonds is 16. The molecular weight excluding hydrogens is 380 g/mol. The van der Waals surface area contributed by atoms with Crippen LogP contribution in [0, 0.1) is 0 Å². The molecule has 0 aromatic heterocycles. The summed E-state index contributed by atoms with van der Waals surface area (Å²) in [5.41, 5.74) is 5.73. The summed E-state index contributed by atoms with van der Waals surface area (Å²) < 4.78 is 0. The Morgan fingerprint density at radius 3 is 2.13 bits per heavy atom. The summed E-state index contributed by atoms with van der Waals surface area (Å²) in [7, 11) is 0. The second-order valence-corrected chi connectivity index (χ2v) is 9.48. The van der Waals surface area contributed by atoms with Crippen LogP contribution in [0.15, 0.2) is 46.6 Å². The predicted molar refractivity (Wildman–Crippen MR) is 138 cm³/mol. The second kappa shape index (κ2) is 18.4. The first-order chi connectivity index (χ1) is 15.0. The molecule has 178 valence electrons. The van der Waals surface area contributed by atoms with Crippen molar-refractivity contribution in [1.29, 1.82) is 0 Å². The van der Waals surface area contributed by atoms with E-state index in [4.69, 9.17) is 5.11 Å². The highest BCUT2D eigenvalue weighted by atomic mass is 16.2. The number of nitrogens with zero attached hydrogens (tertiary/aromatic N) is 1. The minimum atomic E-state index is 0.151. The van der Waals surface area contributed by atoms with Gasteiger partial charge in [0.2, 0.25) is 0 Å². The fourth-order valence-corrected chi connectivity index (χ4v) is 4.08. The molecule has 0 atom stereocenters. The molecule has 1 aliphatic heterocycles. The van der Waals surface area contributed by atoms with Gasteiger partial charge in [-0.1, -0.05) is 53.0 Å². The van der Waals surface area contributed by atoms with Crippen molar-refractivity contribution in [1.82, 2.24) is 10.2 Å². The quantitative estimate of drug-likeness (QED) is 0.215. The van der Waals surface area contributed by atoms with Crippen molar-refractivity contribution in [2.45, 2.75) is 91.9 Å². The molecule has 1 heterocycles. The van der Waals surface area contributed by atoms with Crippen molar-refractivity contribution in [3.63, 3.8) is 0 Å². The molecule has 0 spiro atoms. The molecule has 1 fully saturated rings. The number of allylic oxidation sites excluding steroid dienone is 6. The van der Waals surface area contributed by atoms with Gasteiger partial charge in [-0.15, -0.1) is 0 Å². The maximum Gasteiger partial charge on any atom is 0.0614 e. The highest BCUT2D eigenvalue weighted by Gasteiger charge is 2.08. The molecule has 0 radical (unpaired) electrons. The summed E-state index contributed by atoms with van der Waals surface area (Å²) in [4.78, 5) is 2.63. The van der Waals surface area contributed by atoms with E-state index in [1.165, 1.54) is 74.0 Å². The molecule has 0 aromatic rings. The Morgan fingerprint density at radius 1 is 0.806 bits per heavy atom. The van der Waals surface area contributed by atoms with E-state index in [1.54, 1.807) is 0 Å². The monoisotopic (exact) mass is 430 g/mol. The van der Waals surface area contributed by atoms with Gasteiger partial charge in [-0.3, -0.25) is 0 Å². The summed E-state index contributed by atoms with van der Waals surface area (Å²) >= 11 is 0. The average Bonchev–Trinajstić information content (AvgIpc) is 2.73. The Hall–Kier alpha value is -1.16. The number of hydrogen-bond donors (Lipinski definition) is 2. The van der Waals surface area contributed by atoms with E-state index in [-0.39, 0.29) is 6.61 Å². The molecule has 1 aliphatic rings. The zero-order valence-corrected chi connectivity index (χ0v) is 21.0. The first-order valence-electron chi connectivity index (χ1n) is 12.7. The predicted octanol–water partition coefficient (Wildman–Crippen LogP) is 6.57. The maximum absolute atomic E-state index is 9.05. The van der Waals surface area contributed by atoms with E-state index in [0.717, 1.165) is 45.2 Å². The number of piperidine rings is 1. The Labute approximate surface area is 193 Å². The van der Waals surface area contributed by atoms with E-state index in [1.807, 2.05) is 6.08 Å². The first-order valence-corrected chi connectivity index (χ1v) is 12.7. The van der Waals surface area contributed by atoms with Gasteiger partial charge in [0, 0.05) is 6.54 Å². The summed E-state index contributed by atoms with van der Waals surface area (Å²) in [6.45, 7) is 14.8. The van der Waals surface area contributed by atoms with Crippen LogP contribution in [-0.2, 0) is 0 Å². The van der Waals surface area contributed by atoms with Crippen LogP contribution in [0.1, 0.15) is 91.9 Å². The average molecular weight is 431 g/mol. The number of nitrogens with one attached hydrogen (secondary N) is 1. The normalized spacial score (nSPS) is 16.6. The highest BCUT2D eigenvalue weighted by molar-refractivity contribution is 5.10. The lowest BCUT2D eigenvalue weighted by atomic mass is 10.0. The fraction of sp³-hybridized carbons (Fsp3) is 0.714. The molecule has 2 N–H and O–H groups in total. The molecule has 3 nitrogen and oxygen atoms in total. The van der Waals surface area contributed by atoms with Gasteiger partial charge in [0.15, 0.2) is 0 Å². The Kier molecular flexibility index (Phi) is 16.6. The third kappa shape index (κ3) is 16.2. The molecule has 3 heteroatoms. The van der Waals surface area contributed by atoms with Crippen LogP contribution < -0.4 is 5.32 Å². The van der Waals surface area contributed by atoms with Crippen LogP contribution in [0.2, 0.25) is 0 Å². The standard InChI is InChI=1S/C28H50N2O/c1-25(2)12-8-13-26(3)14-9-16-28(17-10-15-27(4)18-23-31)24-29-19-11-22-30-20-6-5-7-21-30/h12,14,17-18,29,31H,5-11,13,15-16,19-24H2,1-4H3/b26-14+,27-18+,28-17-. The van der Waals surface area contributed by atoms with Crippen molar-refractivity contribution in [2.24, 2.45) is 0 Å². The maximum atomic E-state index is 9.05. The van der Waals surface area contributed by atoms with Gasteiger partial charge < -0.3 is 15.3 Å². The van der Waals surface area contributed by atoms with Crippen molar-refractivity contribution < 1.29 is 5.11 Å². The molecule has 31 heavy (non-hydrogen) atoms. The van der Waals surface area contributed by atoms with Crippen LogP contribution in [0.3, 0.4) is 0 Å². The van der Waals surface area contributed by atoms with Gasteiger partial charge in [-0.25, -0.2) is 0 Å². The summed E-state index contributed by atoms with van der Waals surface area (Å²) in [6, 6.07) is 0. The van der Waals surface area contributed by atoms with E-state index in [0.29, 0.717) is 0 Å². The highest BCUT2D eigenvalue weighted by Crippen LogP contribution is 2.14. The smallest absolute Gasteiger partial charge is 0.0614 e. The molecule has 0 amide bonds. The largest absolute Gasteiger partial charge is 0.392 e. The topological polar surface area (TPSA) is 35.5 Å². The van der Waals surface area contributed by atoms with Gasteiger partial charge in [-0.2, -0.15) is 0 Å². The third-order valence-electron chi connectivity index (χ3n) is 6.09. The van der Waals surface area contributed by atoms with Crippen LogP contribution >= 0.6 is 0 Å². The molecule has 0 saturated carbocycles. The van der Waals surface area contributed by atoms with Crippen LogP contribution in [0.4, 0.5) is 0 Å². The number of aliphatic hydroxyl groups excluding tert-OH is 1. The van der Waals surface area contributed by atoms with Gasteiger partial charge in [0.25, 0.3) is 0 Å². The van der Waals surface area contributed by atoms with E-state index >= 15 is 0 Å². The van der Waals surface area contributed by atoms with Crippen LogP contribution in [-0.4, -0.2) is 49.3 Å². The van der Waals surface area contributed by atoms with Gasteiger partial charge in [0.1, 0.15) is 0 Å². The zero-order chi connectivity index (χ0) is 22.7. The molecule has 1 saturated heterocycles. The number of aliphatic hydroxyl groups is 1. The van der Waals surface area contributed by atoms with Gasteiger partial charge in [-0.05, 0) is 112 Å². The molecular formula is C28H50N2O.